The summed E-state index contributed by atoms with van der Waals surface area (Å²) in [4.78, 5) is 1.09. The molecule has 3 nitrogen and oxygen atoms in total. The molecule has 0 fully saturated rings. The molecule has 2 rings (SSSR count). The molecule has 7 heteroatoms. The Labute approximate surface area is 123 Å². The molecule has 1 heterocycles. The van der Waals surface area contributed by atoms with Crippen LogP contribution in [0.1, 0.15) is 0 Å². The fourth-order valence-corrected chi connectivity index (χ4v) is 5.14. The first kappa shape index (κ1) is 13.9. The Bertz CT molecular complexity index is 635. The molecule has 2 aromatic rings. The molecular weight excluding hydrogens is 354 g/mol. The van der Waals surface area contributed by atoms with E-state index in [2.05, 4.69) is 20.7 Å². The minimum absolute atomic E-state index is 0.288. The van der Waals surface area contributed by atoms with Crippen LogP contribution in [-0.4, -0.2) is 14.7 Å². The third kappa shape index (κ3) is 3.09. The first-order chi connectivity index (χ1) is 8.53. The van der Waals surface area contributed by atoms with E-state index in [0.717, 1.165) is 4.90 Å². The lowest BCUT2D eigenvalue weighted by molar-refractivity contribution is 0.603. The van der Waals surface area contributed by atoms with E-state index in [0.29, 0.717) is 10.2 Å². The monoisotopic (exact) mass is 363 g/mol. The number of rotatable bonds is 4. The van der Waals surface area contributed by atoms with Gasteiger partial charge < -0.3 is 0 Å². The Hall–Kier alpha value is -0.500. The van der Waals surface area contributed by atoms with Gasteiger partial charge in [-0.2, -0.15) is 0 Å². The molecule has 1 aromatic carbocycles. The van der Waals surface area contributed by atoms with Crippen LogP contribution in [0.25, 0.3) is 0 Å². The number of nitrogens with one attached hydrogen (secondary N) is 1. The zero-order valence-electron chi connectivity index (χ0n) is 9.38. The minimum Gasteiger partial charge on any atom is -0.279 e. The van der Waals surface area contributed by atoms with Crippen LogP contribution in [0, 0.1) is 0 Å². The molecule has 0 spiro atoms. The maximum absolute atomic E-state index is 12.1. The van der Waals surface area contributed by atoms with Crippen LogP contribution in [-0.2, 0) is 10.0 Å². The van der Waals surface area contributed by atoms with Gasteiger partial charge in [-0.15, -0.1) is 23.1 Å². The molecule has 0 saturated carbocycles. The maximum atomic E-state index is 12.1. The number of hydrogen-bond acceptors (Lipinski definition) is 4. The summed E-state index contributed by atoms with van der Waals surface area (Å²) in [6, 6.07) is 8.99. The van der Waals surface area contributed by atoms with E-state index in [1.807, 2.05) is 18.4 Å². The van der Waals surface area contributed by atoms with Crippen LogP contribution >= 0.6 is 39.0 Å². The fraction of sp³-hybridized carbons (Fsp3) is 0.0909. The van der Waals surface area contributed by atoms with Gasteiger partial charge >= 0.3 is 0 Å². The van der Waals surface area contributed by atoms with Crippen LogP contribution in [0.3, 0.4) is 0 Å². The first-order valence-electron chi connectivity index (χ1n) is 4.93. The van der Waals surface area contributed by atoms with Crippen LogP contribution in [0.4, 0.5) is 5.69 Å². The third-order valence-corrected chi connectivity index (χ3v) is 6.97. The van der Waals surface area contributed by atoms with Gasteiger partial charge in [0.1, 0.15) is 0 Å². The van der Waals surface area contributed by atoms with Crippen molar-refractivity contribution in [1.82, 2.24) is 0 Å². The molecule has 0 saturated heterocycles. The molecule has 1 aromatic heterocycles. The van der Waals surface area contributed by atoms with Crippen molar-refractivity contribution in [3.8, 4) is 0 Å². The lowest BCUT2D eigenvalue weighted by Crippen LogP contribution is -2.11. The Kier molecular flexibility index (Phi) is 4.37. The highest BCUT2D eigenvalue weighted by molar-refractivity contribution is 9.10. The Balaban J connectivity index is 2.25. The summed E-state index contributed by atoms with van der Waals surface area (Å²) in [5, 5.41) is 1.73. The maximum Gasteiger partial charge on any atom is 0.272 e. The highest BCUT2D eigenvalue weighted by atomic mass is 79.9. The molecule has 0 aliphatic carbocycles. The second-order valence-corrected chi connectivity index (χ2v) is 7.92. The van der Waals surface area contributed by atoms with E-state index in [9.17, 15) is 8.42 Å². The van der Waals surface area contributed by atoms with E-state index in [4.69, 9.17) is 0 Å². The number of thioether (sulfide) groups is 1. The average Bonchev–Trinajstić information content (AvgIpc) is 2.77. The number of anilines is 1. The molecule has 0 unspecified atom stereocenters. The predicted octanol–water partition coefficient (Wildman–Crippen LogP) is 4.03. The van der Waals surface area contributed by atoms with Crippen molar-refractivity contribution in [2.24, 2.45) is 0 Å². The molecule has 18 heavy (non-hydrogen) atoms. The highest BCUT2D eigenvalue weighted by Gasteiger charge is 2.19. The second kappa shape index (κ2) is 5.64. The number of halogens is 1. The quantitative estimate of drug-likeness (QED) is 0.833. The Morgan fingerprint density at radius 1 is 1.22 bits per heavy atom. The summed E-state index contributed by atoms with van der Waals surface area (Å²) >= 11 is 6.02. The van der Waals surface area contributed by atoms with Crippen LogP contribution in [0.5, 0.6) is 0 Å². The summed E-state index contributed by atoms with van der Waals surface area (Å²) in [5.41, 5.74) is 0.563. The van der Waals surface area contributed by atoms with E-state index < -0.39 is 10.0 Å². The van der Waals surface area contributed by atoms with Crippen molar-refractivity contribution in [2.45, 2.75) is 9.10 Å². The smallest absolute Gasteiger partial charge is 0.272 e. The van der Waals surface area contributed by atoms with E-state index in [-0.39, 0.29) is 4.21 Å². The van der Waals surface area contributed by atoms with E-state index in [1.54, 1.807) is 35.3 Å². The van der Waals surface area contributed by atoms with Gasteiger partial charge in [-0.05, 0) is 57.9 Å². The molecule has 0 radical (unpaired) electrons. The first-order valence-corrected chi connectivity index (χ1v) is 9.31. The van der Waals surface area contributed by atoms with Gasteiger partial charge in [0.05, 0.1) is 0 Å². The standard InChI is InChI=1S/C11H10BrNO2S3/c1-16-9-4-2-8(3-5-9)13-18(14,15)11-10(12)6-7-17-11/h2-7,13H,1H3. The van der Waals surface area contributed by atoms with Gasteiger partial charge in [-0.25, -0.2) is 8.42 Å². The number of benzene rings is 1. The molecule has 0 aliphatic heterocycles. The zero-order valence-corrected chi connectivity index (χ0v) is 13.4. The number of thiophene rings is 1. The Morgan fingerprint density at radius 3 is 2.39 bits per heavy atom. The van der Waals surface area contributed by atoms with Crippen LogP contribution in [0.2, 0.25) is 0 Å². The molecule has 1 N–H and O–H groups in total. The lowest BCUT2D eigenvalue weighted by atomic mass is 10.3. The predicted molar refractivity (Wildman–Crippen MR) is 81.1 cm³/mol. The van der Waals surface area contributed by atoms with Gasteiger partial charge in [-0.3, -0.25) is 4.72 Å². The highest BCUT2D eigenvalue weighted by Crippen LogP contribution is 2.29. The average molecular weight is 364 g/mol. The largest absolute Gasteiger partial charge is 0.279 e. The second-order valence-electron chi connectivity index (χ2n) is 3.39. The molecule has 96 valence electrons. The molecule has 0 amide bonds. The van der Waals surface area contributed by atoms with Gasteiger partial charge in [0.2, 0.25) is 0 Å². The molecule has 0 aliphatic rings. The van der Waals surface area contributed by atoms with Crippen molar-refractivity contribution in [3.63, 3.8) is 0 Å². The third-order valence-electron chi connectivity index (χ3n) is 2.17. The SMILES string of the molecule is CSc1ccc(NS(=O)(=O)c2sccc2Br)cc1. The normalized spacial score (nSPS) is 11.4. The van der Waals surface area contributed by atoms with Gasteiger partial charge in [0, 0.05) is 15.1 Å². The lowest BCUT2D eigenvalue weighted by Gasteiger charge is -2.07. The summed E-state index contributed by atoms with van der Waals surface area (Å²) in [5.74, 6) is 0. The van der Waals surface area contributed by atoms with Crippen LogP contribution in [0.15, 0.2) is 49.3 Å². The topological polar surface area (TPSA) is 46.2 Å². The van der Waals surface area contributed by atoms with Gasteiger partial charge in [-0.1, -0.05) is 0 Å². The van der Waals surface area contributed by atoms with Crippen molar-refractivity contribution in [3.05, 3.63) is 40.2 Å². The van der Waals surface area contributed by atoms with Gasteiger partial charge in [0.25, 0.3) is 10.0 Å². The van der Waals surface area contributed by atoms with E-state index >= 15 is 0 Å². The van der Waals surface area contributed by atoms with Crippen molar-refractivity contribution >= 4 is 54.7 Å². The summed E-state index contributed by atoms with van der Waals surface area (Å²) in [6.07, 6.45) is 1.97. The zero-order chi connectivity index (χ0) is 13.2. The summed E-state index contributed by atoms with van der Waals surface area (Å²) < 4.78 is 27.6. The van der Waals surface area contributed by atoms with Crippen molar-refractivity contribution < 1.29 is 8.42 Å². The summed E-state index contributed by atoms with van der Waals surface area (Å²) in [6.45, 7) is 0. The molecular formula is C11H10BrNO2S3. The van der Waals surface area contributed by atoms with Crippen molar-refractivity contribution in [2.75, 3.05) is 11.0 Å². The Morgan fingerprint density at radius 2 is 1.89 bits per heavy atom. The number of sulfonamides is 1. The summed E-state index contributed by atoms with van der Waals surface area (Å²) in [7, 11) is -3.51. The van der Waals surface area contributed by atoms with E-state index in [1.165, 1.54) is 11.3 Å². The minimum atomic E-state index is -3.51. The fourth-order valence-electron chi connectivity index (χ4n) is 1.33. The number of hydrogen-bond donors (Lipinski definition) is 1. The van der Waals surface area contributed by atoms with Crippen LogP contribution < -0.4 is 4.72 Å². The molecule has 0 bridgehead atoms. The molecule has 0 atom stereocenters. The van der Waals surface area contributed by atoms with Gasteiger partial charge in [0.15, 0.2) is 4.21 Å². The van der Waals surface area contributed by atoms with Crippen molar-refractivity contribution in [1.29, 1.82) is 0 Å².